The van der Waals surface area contributed by atoms with Crippen molar-refractivity contribution in [1.82, 2.24) is 21.3 Å². The van der Waals surface area contributed by atoms with Crippen LogP contribution < -0.4 is 26.9 Å². The lowest BCUT2D eigenvalue weighted by molar-refractivity contribution is -0.127. The molecule has 2 amide bonds. The summed E-state index contributed by atoms with van der Waals surface area (Å²) in [7, 11) is 3.37. The van der Waals surface area contributed by atoms with Crippen LogP contribution in [0.3, 0.4) is 0 Å². The Bertz CT molecular complexity index is 698. The SMILES string of the molecule is CNCNC(=O)CC(C)=O.CNCNC(=O)c1cc(C(C)=O)cc(=O)o1. The first-order valence-corrected chi connectivity index (χ1v) is 7.70. The van der Waals surface area contributed by atoms with Gasteiger partial charge in [0.05, 0.1) is 19.8 Å². The Labute approximate surface area is 150 Å². The average Bonchev–Trinajstić information content (AvgIpc) is 2.57. The molecule has 0 aliphatic carbocycles. The molecule has 1 rings (SSSR count). The molecule has 0 spiro atoms. The molecule has 1 aromatic rings. The Morgan fingerprint density at radius 2 is 1.54 bits per heavy atom. The van der Waals surface area contributed by atoms with Gasteiger partial charge in [0.15, 0.2) is 11.5 Å². The summed E-state index contributed by atoms with van der Waals surface area (Å²) < 4.78 is 4.68. The second kappa shape index (κ2) is 12.5. The zero-order valence-electron chi connectivity index (χ0n) is 15.2. The van der Waals surface area contributed by atoms with E-state index in [-0.39, 0.29) is 41.9 Å². The van der Waals surface area contributed by atoms with Crippen LogP contribution in [0.25, 0.3) is 0 Å². The lowest BCUT2D eigenvalue weighted by Gasteiger charge is -2.03. The first-order valence-electron chi connectivity index (χ1n) is 7.70. The molecule has 0 aliphatic rings. The molecule has 0 aromatic carbocycles. The van der Waals surface area contributed by atoms with Crippen molar-refractivity contribution in [3.8, 4) is 0 Å². The number of rotatable bonds is 8. The minimum Gasteiger partial charge on any atom is -0.417 e. The smallest absolute Gasteiger partial charge is 0.337 e. The van der Waals surface area contributed by atoms with Crippen molar-refractivity contribution in [1.29, 1.82) is 0 Å². The largest absolute Gasteiger partial charge is 0.417 e. The number of amides is 2. The predicted octanol–water partition coefficient (Wildman–Crippen LogP) is -0.992. The highest BCUT2D eigenvalue weighted by Crippen LogP contribution is 2.02. The number of carbonyl (C=O) groups excluding carboxylic acids is 4. The lowest BCUT2D eigenvalue weighted by Crippen LogP contribution is -2.32. The Morgan fingerprint density at radius 1 is 0.962 bits per heavy atom. The van der Waals surface area contributed by atoms with Crippen molar-refractivity contribution in [2.75, 3.05) is 27.4 Å². The van der Waals surface area contributed by atoms with Crippen LogP contribution >= 0.6 is 0 Å². The highest BCUT2D eigenvalue weighted by molar-refractivity contribution is 5.98. The quantitative estimate of drug-likeness (QED) is 0.260. The molecule has 1 aromatic heterocycles. The monoisotopic (exact) mass is 368 g/mol. The molecule has 0 aliphatic heterocycles. The summed E-state index contributed by atoms with van der Waals surface area (Å²) in [6, 6.07) is 2.30. The fourth-order valence-electron chi connectivity index (χ4n) is 1.52. The van der Waals surface area contributed by atoms with Gasteiger partial charge in [-0.2, -0.15) is 0 Å². The first-order chi connectivity index (χ1) is 12.2. The van der Waals surface area contributed by atoms with Gasteiger partial charge in [-0.25, -0.2) is 4.79 Å². The fraction of sp³-hybridized carbons (Fsp3) is 0.438. The molecule has 0 fully saturated rings. The molecule has 0 unspecified atom stereocenters. The zero-order chi connectivity index (χ0) is 20.1. The van der Waals surface area contributed by atoms with E-state index in [2.05, 4.69) is 25.7 Å². The third-order valence-electron chi connectivity index (χ3n) is 2.70. The highest BCUT2D eigenvalue weighted by Gasteiger charge is 2.12. The topological polar surface area (TPSA) is 147 Å². The van der Waals surface area contributed by atoms with E-state index in [9.17, 15) is 24.0 Å². The highest BCUT2D eigenvalue weighted by atomic mass is 16.4. The van der Waals surface area contributed by atoms with Gasteiger partial charge in [0.1, 0.15) is 5.78 Å². The number of hydrogen-bond donors (Lipinski definition) is 4. The van der Waals surface area contributed by atoms with Crippen LogP contribution in [0, 0.1) is 0 Å². The van der Waals surface area contributed by atoms with E-state index in [1.54, 1.807) is 14.1 Å². The van der Waals surface area contributed by atoms with Gasteiger partial charge in [0, 0.05) is 11.6 Å². The van der Waals surface area contributed by atoms with Gasteiger partial charge in [-0.05, 0) is 34.0 Å². The summed E-state index contributed by atoms with van der Waals surface area (Å²) in [6.07, 6.45) is -0.0261. The molecule has 144 valence electrons. The van der Waals surface area contributed by atoms with Crippen LogP contribution in [-0.4, -0.2) is 50.8 Å². The zero-order valence-corrected chi connectivity index (χ0v) is 15.2. The van der Waals surface area contributed by atoms with Gasteiger partial charge >= 0.3 is 5.63 Å². The van der Waals surface area contributed by atoms with Gasteiger partial charge < -0.3 is 25.7 Å². The van der Waals surface area contributed by atoms with Crippen molar-refractivity contribution < 1.29 is 23.6 Å². The molecule has 0 saturated heterocycles. The average molecular weight is 368 g/mol. The van der Waals surface area contributed by atoms with E-state index in [0.717, 1.165) is 6.07 Å². The Balaban J connectivity index is 0.000000541. The molecular formula is C16H24N4O6. The predicted molar refractivity (Wildman–Crippen MR) is 93.7 cm³/mol. The fourth-order valence-corrected chi connectivity index (χ4v) is 1.52. The third-order valence-corrected chi connectivity index (χ3v) is 2.70. The first kappa shape index (κ1) is 23.1. The minimum atomic E-state index is -0.720. The van der Waals surface area contributed by atoms with E-state index in [1.165, 1.54) is 19.9 Å². The van der Waals surface area contributed by atoms with Gasteiger partial charge in [0.25, 0.3) is 5.91 Å². The molecule has 1 heterocycles. The molecule has 10 nitrogen and oxygen atoms in total. The van der Waals surface area contributed by atoms with E-state index < -0.39 is 11.5 Å². The molecule has 0 radical (unpaired) electrons. The van der Waals surface area contributed by atoms with E-state index >= 15 is 0 Å². The number of carbonyl (C=O) groups is 4. The Morgan fingerprint density at radius 3 is 2.04 bits per heavy atom. The van der Waals surface area contributed by atoms with Crippen molar-refractivity contribution in [3.63, 3.8) is 0 Å². The summed E-state index contributed by atoms with van der Waals surface area (Å²) in [5.74, 6) is -1.37. The number of nitrogens with one attached hydrogen (secondary N) is 4. The molecular weight excluding hydrogens is 344 g/mol. The molecule has 4 N–H and O–H groups in total. The van der Waals surface area contributed by atoms with E-state index in [4.69, 9.17) is 0 Å². The van der Waals surface area contributed by atoms with Crippen molar-refractivity contribution in [2.24, 2.45) is 0 Å². The summed E-state index contributed by atoms with van der Waals surface area (Å²) in [6.45, 7) is 3.35. The Hall–Kier alpha value is -2.85. The van der Waals surface area contributed by atoms with Gasteiger partial charge in [-0.15, -0.1) is 0 Å². The molecule has 0 bridgehead atoms. The summed E-state index contributed by atoms with van der Waals surface area (Å²) in [5.41, 5.74) is -0.562. The van der Waals surface area contributed by atoms with Gasteiger partial charge in [-0.3, -0.25) is 19.2 Å². The van der Waals surface area contributed by atoms with Crippen LogP contribution in [0.15, 0.2) is 21.3 Å². The van der Waals surface area contributed by atoms with Crippen LogP contribution in [0.4, 0.5) is 0 Å². The van der Waals surface area contributed by atoms with Crippen LogP contribution in [0.1, 0.15) is 41.2 Å². The van der Waals surface area contributed by atoms with Crippen molar-refractivity contribution in [3.05, 3.63) is 33.9 Å². The molecule has 0 saturated carbocycles. The van der Waals surface area contributed by atoms with Crippen molar-refractivity contribution >= 4 is 23.4 Å². The maximum absolute atomic E-state index is 11.4. The summed E-state index contributed by atoms with van der Waals surface area (Å²) in [4.78, 5) is 54.6. The summed E-state index contributed by atoms with van der Waals surface area (Å²) in [5, 5.41) is 10.4. The number of hydrogen-bond acceptors (Lipinski definition) is 8. The lowest BCUT2D eigenvalue weighted by atomic mass is 10.2. The molecule has 0 atom stereocenters. The van der Waals surface area contributed by atoms with Gasteiger partial charge in [-0.1, -0.05) is 0 Å². The minimum absolute atomic E-state index is 0.0261. The van der Waals surface area contributed by atoms with Crippen LogP contribution in [0.5, 0.6) is 0 Å². The summed E-state index contributed by atoms with van der Waals surface area (Å²) >= 11 is 0. The van der Waals surface area contributed by atoms with Gasteiger partial charge in [0.2, 0.25) is 5.91 Å². The van der Waals surface area contributed by atoms with Crippen LogP contribution in [0.2, 0.25) is 0 Å². The van der Waals surface area contributed by atoms with E-state index in [1.807, 2.05) is 0 Å². The van der Waals surface area contributed by atoms with Crippen molar-refractivity contribution in [2.45, 2.75) is 20.3 Å². The van der Waals surface area contributed by atoms with Crippen LogP contribution in [-0.2, 0) is 9.59 Å². The standard InChI is InChI=1S/C10H12N2O4.C6H12N2O2/c1-6(13)7-3-8(16-9(14)4-7)10(15)12-5-11-2;1-5(9)3-6(10)8-4-7-2/h3-4,11H,5H2,1-2H3,(H,12,15);7H,3-4H2,1-2H3,(H,8,10). The molecule has 10 heteroatoms. The molecule has 26 heavy (non-hydrogen) atoms. The number of ketones is 2. The second-order valence-corrected chi connectivity index (χ2v) is 5.13. The second-order valence-electron chi connectivity index (χ2n) is 5.13. The maximum Gasteiger partial charge on any atom is 0.337 e. The number of Topliss-reactive ketones (excluding diaryl/α,β-unsaturated/α-hetero) is 2. The normalized spacial score (nSPS) is 9.54. The van der Waals surface area contributed by atoms with E-state index in [0.29, 0.717) is 6.67 Å². The Kier molecular flexibility index (Phi) is 11.1. The third kappa shape index (κ3) is 10.1. The maximum atomic E-state index is 11.4.